The van der Waals surface area contributed by atoms with E-state index in [4.69, 9.17) is 9.72 Å². The van der Waals surface area contributed by atoms with Gasteiger partial charge in [-0.05, 0) is 49.6 Å². The Morgan fingerprint density at radius 3 is 2.44 bits per heavy atom. The van der Waals surface area contributed by atoms with Crippen molar-refractivity contribution in [3.05, 3.63) is 95.3 Å². The van der Waals surface area contributed by atoms with E-state index in [0.29, 0.717) is 26.1 Å². The molecule has 174 valence electrons. The van der Waals surface area contributed by atoms with Crippen LogP contribution in [0.3, 0.4) is 0 Å². The normalized spacial score (nSPS) is 16.9. The number of carbonyl (C=O) groups excluding carboxylic acids is 1. The lowest BCUT2D eigenvalue weighted by atomic mass is 10.1. The second kappa shape index (κ2) is 9.34. The summed E-state index contributed by atoms with van der Waals surface area (Å²) in [5.74, 6) is 2.17. The molecule has 3 aromatic carbocycles. The molecule has 5 heteroatoms. The molecule has 4 aromatic rings. The zero-order valence-corrected chi connectivity index (χ0v) is 20.1. The van der Waals surface area contributed by atoms with Gasteiger partial charge in [-0.2, -0.15) is 0 Å². The standard InChI is InChI=1S/C29H31N3O2/c1-20-10-9-11-21(2)28(20)34-17-16-31-26-15-8-7-14-25(26)30-29(31)24-18-27(33)32(19-24)22(3)23-12-5-4-6-13-23/h4-15,22,24H,16-19H2,1-3H3. The van der Waals surface area contributed by atoms with E-state index in [1.54, 1.807) is 0 Å². The van der Waals surface area contributed by atoms with E-state index in [1.165, 1.54) is 0 Å². The van der Waals surface area contributed by atoms with Crippen LogP contribution in [0.15, 0.2) is 72.8 Å². The van der Waals surface area contributed by atoms with Crippen LogP contribution in [0, 0.1) is 13.8 Å². The Labute approximate surface area is 201 Å². The third kappa shape index (κ3) is 4.18. The first-order chi connectivity index (χ1) is 16.5. The first-order valence-corrected chi connectivity index (χ1v) is 12.0. The van der Waals surface area contributed by atoms with Gasteiger partial charge < -0.3 is 14.2 Å². The lowest BCUT2D eigenvalue weighted by Gasteiger charge is -2.25. The number of rotatable bonds is 7. The lowest BCUT2D eigenvalue weighted by molar-refractivity contribution is -0.129. The van der Waals surface area contributed by atoms with Gasteiger partial charge in [-0.1, -0.05) is 60.7 Å². The number of benzene rings is 3. The summed E-state index contributed by atoms with van der Waals surface area (Å²) < 4.78 is 8.47. The van der Waals surface area contributed by atoms with Gasteiger partial charge in [-0.25, -0.2) is 4.98 Å². The van der Waals surface area contributed by atoms with E-state index in [0.717, 1.165) is 39.3 Å². The number of para-hydroxylation sites is 3. The maximum absolute atomic E-state index is 13.0. The molecule has 5 rings (SSSR count). The lowest BCUT2D eigenvalue weighted by Crippen LogP contribution is -2.28. The summed E-state index contributed by atoms with van der Waals surface area (Å²) in [7, 11) is 0. The second-order valence-corrected chi connectivity index (χ2v) is 9.21. The van der Waals surface area contributed by atoms with Gasteiger partial charge in [-0.15, -0.1) is 0 Å². The molecule has 0 bridgehead atoms. The fraction of sp³-hybridized carbons (Fsp3) is 0.310. The zero-order chi connectivity index (χ0) is 23.7. The number of nitrogens with zero attached hydrogens (tertiary/aromatic N) is 3. The quantitative estimate of drug-likeness (QED) is 0.355. The summed E-state index contributed by atoms with van der Waals surface area (Å²) in [5, 5.41) is 0. The minimum absolute atomic E-state index is 0.0453. The molecule has 5 nitrogen and oxygen atoms in total. The van der Waals surface area contributed by atoms with E-state index in [-0.39, 0.29) is 17.9 Å². The number of imidazole rings is 1. The van der Waals surface area contributed by atoms with Crippen LogP contribution in [0.1, 0.15) is 47.8 Å². The van der Waals surface area contributed by atoms with Crippen molar-refractivity contribution in [1.29, 1.82) is 0 Å². The highest BCUT2D eigenvalue weighted by Gasteiger charge is 2.36. The van der Waals surface area contributed by atoms with Crippen LogP contribution in [0.2, 0.25) is 0 Å². The number of ether oxygens (including phenoxy) is 1. The zero-order valence-electron chi connectivity index (χ0n) is 20.1. The Balaban J connectivity index is 1.39. The Bertz CT molecular complexity index is 1290. The van der Waals surface area contributed by atoms with Gasteiger partial charge in [0.15, 0.2) is 0 Å². The van der Waals surface area contributed by atoms with Gasteiger partial charge in [-0.3, -0.25) is 4.79 Å². The third-order valence-electron chi connectivity index (χ3n) is 6.93. The number of amides is 1. The highest BCUT2D eigenvalue weighted by atomic mass is 16.5. The summed E-state index contributed by atoms with van der Waals surface area (Å²) in [4.78, 5) is 20.0. The Kier molecular flexibility index (Phi) is 6.10. The van der Waals surface area contributed by atoms with Crippen molar-refractivity contribution in [3.8, 4) is 5.75 Å². The monoisotopic (exact) mass is 453 g/mol. The summed E-state index contributed by atoms with van der Waals surface area (Å²) in [6.07, 6.45) is 0.484. The number of carbonyl (C=O) groups is 1. The van der Waals surface area contributed by atoms with E-state index in [2.05, 4.69) is 61.7 Å². The fourth-order valence-electron chi connectivity index (χ4n) is 5.10. The fourth-order valence-corrected chi connectivity index (χ4v) is 5.10. The molecule has 0 N–H and O–H groups in total. The molecule has 1 saturated heterocycles. The number of fused-ring (bicyclic) bond motifs is 1. The summed E-state index contributed by atoms with van der Waals surface area (Å²) >= 11 is 0. The molecule has 0 aliphatic carbocycles. The van der Waals surface area contributed by atoms with E-state index in [9.17, 15) is 4.79 Å². The van der Waals surface area contributed by atoms with Gasteiger partial charge in [0.2, 0.25) is 5.91 Å². The molecular weight excluding hydrogens is 422 g/mol. The second-order valence-electron chi connectivity index (χ2n) is 9.21. The van der Waals surface area contributed by atoms with Crippen molar-refractivity contribution in [2.24, 2.45) is 0 Å². The Morgan fingerprint density at radius 1 is 0.971 bits per heavy atom. The third-order valence-corrected chi connectivity index (χ3v) is 6.93. The number of hydrogen-bond donors (Lipinski definition) is 0. The van der Waals surface area contributed by atoms with Crippen molar-refractivity contribution in [3.63, 3.8) is 0 Å². The van der Waals surface area contributed by atoms with E-state index >= 15 is 0 Å². The van der Waals surface area contributed by atoms with E-state index < -0.39 is 0 Å². The first-order valence-electron chi connectivity index (χ1n) is 12.0. The van der Waals surface area contributed by atoms with Crippen molar-refractivity contribution in [1.82, 2.24) is 14.5 Å². The molecule has 0 spiro atoms. The molecule has 1 fully saturated rings. The van der Waals surface area contributed by atoms with Crippen LogP contribution in [0.25, 0.3) is 11.0 Å². The Hall–Kier alpha value is -3.60. The average molecular weight is 454 g/mol. The van der Waals surface area contributed by atoms with Crippen LogP contribution in [0.5, 0.6) is 5.75 Å². The molecule has 2 unspecified atom stereocenters. The molecule has 2 atom stereocenters. The largest absolute Gasteiger partial charge is 0.491 e. The Morgan fingerprint density at radius 2 is 1.68 bits per heavy atom. The first kappa shape index (κ1) is 22.2. The predicted octanol–water partition coefficient (Wildman–Crippen LogP) is 5.81. The van der Waals surface area contributed by atoms with Crippen molar-refractivity contribution >= 4 is 16.9 Å². The molecule has 1 aromatic heterocycles. The molecule has 34 heavy (non-hydrogen) atoms. The number of aromatic nitrogens is 2. The van der Waals surface area contributed by atoms with Crippen LogP contribution < -0.4 is 4.74 Å². The van der Waals surface area contributed by atoms with E-state index in [1.807, 2.05) is 41.3 Å². The number of likely N-dealkylation sites (tertiary alicyclic amines) is 1. The van der Waals surface area contributed by atoms with Crippen molar-refractivity contribution in [2.75, 3.05) is 13.2 Å². The number of aryl methyl sites for hydroxylation is 2. The topological polar surface area (TPSA) is 47.4 Å². The smallest absolute Gasteiger partial charge is 0.223 e. The van der Waals surface area contributed by atoms with Gasteiger partial charge in [0.1, 0.15) is 18.2 Å². The average Bonchev–Trinajstić information content (AvgIpc) is 3.41. The maximum atomic E-state index is 13.0. The van der Waals surface area contributed by atoms with Crippen LogP contribution >= 0.6 is 0 Å². The van der Waals surface area contributed by atoms with Crippen LogP contribution in [-0.2, 0) is 11.3 Å². The molecule has 0 saturated carbocycles. The van der Waals surface area contributed by atoms with Gasteiger partial charge in [0.25, 0.3) is 0 Å². The van der Waals surface area contributed by atoms with Crippen molar-refractivity contribution < 1.29 is 9.53 Å². The highest BCUT2D eigenvalue weighted by molar-refractivity contribution is 5.81. The predicted molar refractivity (Wildman–Crippen MR) is 135 cm³/mol. The van der Waals surface area contributed by atoms with Crippen LogP contribution in [0.4, 0.5) is 0 Å². The van der Waals surface area contributed by atoms with Gasteiger partial charge in [0.05, 0.1) is 23.6 Å². The molecule has 2 heterocycles. The molecule has 0 radical (unpaired) electrons. The molecule has 1 aliphatic heterocycles. The van der Waals surface area contributed by atoms with Crippen LogP contribution in [-0.4, -0.2) is 33.5 Å². The van der Waals surface area contributed by atoms with Gasteiger partial charge in [0, 0.05) is 18.9 Å². The minimum atomic E-state index is 0.0453. The summed E-state index contributed by atoms with van der Waals surface area (Å²) in [5.41, 5.74) is 5.49. The van der Waals surface area contributed by atoms with Crippen molar-refractivity contribution in [2.45, 2.75) is 45.7 Å². The molecule has 1 amide bonds. The minimum Gasteiger partial charge on any atom is -0.491 e. The molecule has 1 aliphatic rings. The summed E-state index contributed by atoms with van der Waals surface area (Å²) in [6, 6.07) is 24.7. The maximum Gasteiger partial charge on any atom is 0.223 e. The van der Waals surface area contributed by atoms with Gasteiger partial charge >= 0.3 is 0 Å². The molecular formula is C29H31N3O2. The number of hydrogen-bond acceptors (Lipinski definition) is 3. The summed E-state index contributed by atoms with van der Waals surface area (Å²) in [6.45, 7) is 8.17. The highest BCUT2D eigenvalue weighted by Crippen LogP contribution is 2.35. The SMILES string of the molecule is Cc1cccc(C)c1OCCn1c(C2CC(=O)N(C(C)c3ccccc3)C2)nc2ccccc21.